The minimum atomic E-state index is 0.254. The lowest BCUT2D eigenvalue weighted by Crippen LogP contribution is -2.38. The van der Waals surface area contributed by atoms with Gasteiger partial charge in [-0.2, -0.15) is 0 Å². The third-order valence-electron chi connectivity index (χ3n) is 15.6. The van der Waals surface area contributed by atoms with Crippen molar-refractivity contribution >= 4 is 55.8 Å². The number of anilines is 5. The van der Waals surface area contributed by atoms with Crippen molar-refractivity contribution in [2.45, 2.75) is 76.9 Å². The van der Waals surface area contributed by atoms with Gasteiger partial charge in [0.25, 0.3) is 0 Å². The molecule has 0 radical (unpaired) electrons. The van der Waals surface area contributed by atoms with Gasteiger partial charge in [-0.1, -0.05) is 137 Å². The summed E-state index contributed by atoms with van der Waals surface area (Å²) in [5, 5.41) is 2.69. The van der Waals surface area contributed by atoms with Gasteiger partial charge in [-0.15, -0.1) is 0 Å². The molecular weight excluding hydrogens is 777 g/mol. The molecule has 3 aliphatic heterocycles. The van der Waals surface area contributed by atoms with Gasteiger partial charge in [0, 0.05) is 80.5 Å². The summed E-state index contributed by atoms with van der Waals surface area (Å²) in [5.74, 6) is 1.90. The number of hydrogen-bond acceptors (Lipinski definition) is 3. The summed E-state index contributed by atoms with van der Waals surface area (Å²) in [6.07, 6.45) is 15.7. The molecular formula is C60H54N4. The van der Waals surface area contributed by atoms with E-state index in [2.05, 4.69) is 223 Å². The molecule has 314 valence electrons. The molecule has 0 bridgehead atoms. The van der Waals surface area contributed by atoms with Crippen LogP contribution in [0.1, 0.15) is 81.5 Å². The minimum Gasteiger partial charge on any atom is -0.360 e. The highest BCUT2D eigenvalue weighted by atomic mass is 15.3. The fourth-order valence-corrected chi connectivity index (χ4v) is 12.6. The average Bonchev–Trinajstić information content (AvgIpc) is 4.05. The zero-order valence-electron chi connectivity index (χ0n) is 37.2. The van der Waals surface area contributed by atoms with Crippen LogP contribution in [0.4, 0.5) is 28.4 Å². The Balaban J connectivity index is 0.895. The van der Waals surface area contributed by atoms with Crippen LogP contribution in [0.5, 0.6) is 0 Å². The molecule has 3 aliphatic carbocycles. The van der Waals surface area contributed by atoms with Crippen LogP contribution < -0.4 is 9.80 Å². The molecule has 13 rings (SSSR count). The third kappa shape index (κ3) is 5.54. The van der Waals surface area contributed by atoms with Crippen LogP contribution in [0.25, 0.3) is 27.4 Å². The van der Waals surface area contributed by atoms with Crippen molar-refractivity contribution in [1.82, 2.24) is 9.47 Å². The number of nitrogens with zero attached hydrogens (tertiary/aromatic N) is 4. The van der Waals surface area contributed by atoms with Gasteiger partial charge < -0.3 is 19.3 Å². The van der Waals surface area contributed by atoms with Gasteiger partial charge in [0.1, 0.15) is 0 Å². The minimum absolute atomic E-state index is 0.254. The van der Waals surface area contributed by atoms with Crippen molar-refractivity contribution in [3.63, 3.8) is 0 Å². The Bertz CT molecular complexity index is 3160. The quantitative estimate of drug-likeness (QED) is 0.152. The number of aromatic nitrogens is 1. The fraction of sp³-hybridized carbons (Fsp3) is 0.233. The number of para-hydroxylation sites is 3. The summed E-state index contributed by atoms with van der Waals surface area (Å²) >= 11 is 0. The van der Waals surface area contributed by atoms with Crippen LogP contribution in [0.3, 0.4) is 0 Å². The molecule has 1 saturated heterocycles. The molecule has 0 saturated carbocycles. The van der Waals surface area contributed by atoms with Gasteiger partial charge in [-0.25, -0.2) is 0 Å². The first-order chi connectivity index (χ1) is 31.4. The highest BCUT2D eigenvalue weighted by molar-refractivity contribution is 6.15. The maximum atomic E-state index is 2.91. The lowest BCUT2D eigenvalue weighted by atomic mass is 9.75. The molecule has 0 spiro atoms. The van der Waals surface area contributed by atoms with Gasteiger partial charge in [0.15, 0.2) is 0 Å². The Hall–Kier alpha value is -6.78. The number of fused-ring (bicyclic) bond motifs is 11. The molecule has 0 N–H and O–H groups in total. The van der Waals surface area contributed by atoms with Crippen molar-refractivity contribution in [2.75, 3.05) is 9.80 Å². The van der Waals surface area contributed by atoms with E-state index in [9.17, 15) is 0 Å². The number of rotatable bonds is 8. The highest BCUT2D eigenvalue weighted by Crippen LogP contribution is 2.61. The molecule has 6 aliphatic rings. The van der Waals surface area contributed by atoms with Crippen molar-refractivity contribution in [1.29, 1.82) is 0 Å². The Morgan fingerprint density at radius 1 is 0.609 bits per heavy atom. The van der Waals surface area contributed by atoms with E-state index in [-0.39, 0.29) is 6.04 Å². The van der Waals surface area contributed by atoms with Crippen LogP contribution in [-0.2, 0) is 0 Å². The van der Waals surface area contributed by atoms with Crippen molar-refractivity contribution in [3.8, 4) is 0 Å². The molecule has 1 fully saturated rings. The second-order valence-corrected chi connectivity index (χ2v) is 19.6. The second-order valence-electron chi connectivity index (χ2n) is 19.6. The monoisotopic (exact) mass is 830 g/mol. The topological polar surface area (TPSA) is 14.7 Å². The van der Waals surface area contributed by atoms with Crippen LogP contribution in [-0.4, -0.2) is 21.6 Å². The lowest BCUT2D eigenvalue weighted by Gasteiger charge is -2.38. The molecule has 1 aromatic heterocycles. The van der Waals surface area contributed by atoms with Gasteiger partial charge in [-0.05, 0) is 119 Å². The molecule has 0 amide bonds. The zero-order chi connectivity index (χ0) is 42.8. The average molecular weight is 831 g/mol. The van der Waals surface area contributed by atoms with Crippen LogP contribution >= 0.6 is 0 Å². The SMILES string of the molecule is CC(C)c1ccc(N(C2=CCC3C4=CC=CC5C6=C(C=C7c8cccc9c%10ccc(N(c%11ccccc%11)c%11ccc(C(C)C)cc%11)cc%10n(c89)C7C6)N(C3C2)C45)c2ccccc2)cc1. The predicted molar refractivity (Wildman–Crippen MR) is 267 cm³/mol. The molecule has 4 nitrogen and oxygen atoms in total. The van der Waals surface area contributed by atoms with E-state index < -0.39 is 0 Å². The van der Waals surface area contributed by atoms with E-state index in [0.29, 0.717) is 35.8 Å². The van der Waals surface area contributed by atoms with E-state index >= 15 is 0 Å². The first-order valence-corrected chi connectivity index (χ1v) is 23.7. The Kier molecular flexibility index (Phi) is 8.48. The Labute approximate surface area is 377 Å². The predicted octanol–water partition coefficient (Wildman–Crippen LogP) is 15.4. The van der Waals surface area contributed by atoms with Crippen molar-refractivity contribution in [2.24, 2.45) is 11.8 Å². The molecule has 4 heterocycles. The van der Waals surface area contributed by atoms with Crippen LogP contribution in [0.2, 0.25) is 0 Å². The summed E-state index contributed by atoms with van der Waals surface area (Å²) in [6, 6.07) is 55.7. The molecule has 7 aromatic rings. The smallest absolute Gasteiger partial charge is 0.0637 e. The van der Waals surface area contributed by atoms with Crippen molar-refractivity contribution < 1.29 is 0 Å². The van der Waals surface area contributed by atoms with Crippen molar-refractivity contribution in [3.05, 3.63) is 215 Å². The van der Waals surface area contributed by atoms with Gasteiger partial charge in [0.05, 0.1) is 23.1 Å². The Morgan fingerprint density at radius 2 is 1.25 bits per heavy atom. The summed E-state index contributed by atoms with van der Waals surface area (Å²) in [4.78, 5) is 7.88. The second kappa shape index (κ2) is 14.4. The molecule has 6 aromatic carbocycles. The maximum Gasteiger partial charge on any atom is 0.0637 e. The first-order valence-electron chi connectivity index (χ1n) is 23.7. The largest absolute Gasteiger partial charge is 0.360 e. The standard InChI is InChI=1S/C60H54N4/c1-37(2)39-21-25-43(26-22-39)61(41-13-7-5-8-14-41)45-29-31-47-49-17-11-19-51-53-36-58-54(35-57(53)63(59(49)51)55(47)33-45)52-20-12-18-50-48-32-30-46(34-56(48)64(58)60(50)52)62(42-15-9-6-10-16-42)44-27-23-40(24-28-44)38(3)4/h5-31,33,36-38,48,52,56-57,60H,32,34-35H2,1-4H3. The van der Waals surface area contributed by atoms with Gasteiger partial charge in [-0.3, -0.25) is 0 Å². The molecule has 4 heteroatoms. The fourth-order valence-electron chi connectivity index (χ4n) is 12.6. The summed E-state index contributed by atoms with van der Waals surface area (Å²) < 4.78 is 2.73. The number of hydrogen-bond donors (Lipinski definition) is 0. The zero-order valence-corrected chi connectivity index (χ0v) is 37.2. The number of benzene rings is 6. The maximum absolute atomic E-state index is 2.91. The molecule has 5 atom stereocenters. The van der Waals surface area contributed by atoms with Gasteiger partial charge in [0.2, 0.25) is 0 Å². The Morgan fingerprint density at radius 3 is 1.94 bits per heavy atom. The van der Waals surface area contributed by atoms with E-state index in [1.807, 2.05) is 0 Å². The first kappa shape index (κ1) is 37.7. The highest BCUT2D eigenvalue weighted by Gasteiger charge is 2.56. The van der Waals surface area contributed by atoms with E-state index in [1.165, 1.54) is 83.9 Å². The lowest BCUT2D eigenvalue weighted by molar-refractivity contribution is 0.240. The summed E-state index contributed by atoms with van der Waals surface area (Å²) in [6.45, 7) is 9.09. The van der Waals surface area contributed by atoms with E-state index in [4.69, 9.17) is 0 Å². The molecule has 5 unspecified atom stereocenters. The number of allylic oxidation sites excluding steroid dienone is 5. The summed E-state index contributed by atoms with van der Waals surface area (Å²) in [5.41, 5.74) is 20.5. The van der Waals surface area contributed by atoms with E-state index in [1.54, 1.807) is 11.1 Å². The normalized spacial score (nSPS) is 22.4. The summed E-state index contributed by atoms with van der Waals surface area (Å²) in [7, 11) is 0. The van der Waals surface area contributed by atoms with E-state index in [0.717, 1.165) is 19.3 Å². The van der Waals surface area contributed by atoms with Gasteiger partial charge >= 0.3 is 0 Å². The van der Waals surface area contributed by atoms with Crippen LogP contribution in [0.15, 0.2) is 199 Å². The van der Waals surface area contributed by atoms with Crippen LogP contribution in [0, 0.1) is 11.8 Å². The third-order valence-corrected chi connectivity index (χ3v) is 15.6. The molecule has 64 heavy (non-hydrogen) atoms.